The summed E-state index contributed by atoms with van der Waals surface area (Å²) in [6.45, 7) is 5.57. The minimum Gasteiger partial charge on any atom is -0.481 e. The molecule has 0 radical (unpaired) electrons. The minimum absolute atomic E-state index is 0.372. The van der Waals surface area contributed by atoms with Gasteiger partial charge in [-0.3, -0.25) is 20.4 Å². The van der Waals surface area contributed by atoms with Gasteiger partial charge in [-0.2, -0.15) is 5.10 Å². The van der Waals surface area contributed by atoms with Crippen molar-refractivity contribution in [3.63, 3.8) is 0 Å². The molecule has 2 N–H and O–H groups in total. The van der Waals surface area contributed by atoms with E-state index in [2.05, 4.69) is 16.0 Å². The third-order valence-electron chi connectivity index (χ3n) is 5.48. The average molecular weight is 418 g/mol. The predicted octanol–water partition coefficient (Wildman–Crippen LogP) is 3.60. The number of nitrogens with one attached hydrogen (secondary N) is 2. The molecule has 0 bridgehead atoms. The van der Waals surface area contributed by atoms with Crippen LogP contribution in [0, 0.1) is 13.8 Å². The second-order valence-electron chi connectivity index (χ2n) is 7.88. The summed E-state index contributed by atoms with van der Waals surface area (Å²) in [5.74, 6) is 0.167. The van der Waals surface area contributed by atoms with E-state index in [1.807, 2.05) is 62.4 Å². The number of hydrazine groups is 1. The Balaban J connectivity index is 1.44. The van der Waals surface area contributed by atoms with Gasteiger partial charge in [0.1, 0.15) is 11.4 Å². The van der Waals surface area contributed by atoms with Gasteiger partial charge in [0.05, 0.1) is 11.4 Å². The van der Waals surface area contributed by atoms with E-state index < -0.39 is 17.9 Å². The maximum absolute atomic E-state index is 12.9. The summed E-state index contributed by atoms with van der Waals surface area (Å²) in [7, 11) is 0. The second kappa shape index (κ2) is 8.63. The number of carbonyl (C=O) groups is 2. The van der Waals surface area contributed by atoms with Crippen LogP contribution in [0.15, 0.2) is 54.6 Å². The molecular formula is C24H26N4O3. The predicted molar refractivity (Wildman–Crippen MR) is 117 cm³/mol. The van der Waals surface area contributed by atoms with Crippen LogP contribution in [0.5, 0.6) is 5.75 Å². The van der Waals surface area contributed by atoms with E-state index in [0.717, 1.165) is 35.3 Å². The molecule has 4 rings (SSSR count). The van der Waals surface area contributed by atoms with Crippen LogP contribution in [0.4, 0.5) is 0 Å². The monoisotopic (exact) mass is 418 g/mol. The number of nitrogens with zero attached hydrogens (tertiary/aromatic N) is 2. The molecular weight excluding hydrogens is 392 g/mol. The van der Waals surface area contributed by atoms with E-state index >= 15 is 0 Å². The molecule has 1 fully saturated rings. The van der Waals surface area contributed by atoms with Crippen LogP contribution in [0.3, 0.4) is 0 Å². The highest BCUT2D eigenvalue weighted by Gasteiger charge is 2.29. The lowest BCUT2D eigenvalue weighted by molar-refractivity contribution is -0.128. The van der Waals surface area contributed by atoms with Crippen molar-refractivity contribution in [3.05, 3.63) is 77.1 Å². The summed E-state index contributed by atoms with van der Waals surface area (Å²) >= 11 is 0. The summed E-state index contributed by atoms with van der Waals surface area (Å²) in [5, 5.41) is 4.62. The topological polar surface area (TPSA) is 85.2 Å². The highest BCUT2D eigenvalue weighted by molar-refractivity contribution is 5.95. The molecule has 1 aliphatic rings. The summed E-state index contributed by atoms with van der Waals surface area (Å²) in [6, 6.07) is 17.0. The molecule has 1 saturated carbocycles. The third kappa shape index (κ3) is 4.60. The van der Waals surface area contributed by atoms with Crippen molar-refractivity contribution >= 4 is 11.8 Å². The van der Waals surface area contributed by atoms with Crippen LogP contribution in [-0.4, -0.2) is 27.7 Å². The van der Waals surface area contributed by atoms with Crippen LogP contribution >= 0.6 is 0 Å². The Morgan fingerprint density at radius 2 is 1.81 bits per heavy atom. The van der Waals surface area contributed by atoms with Gasteiger partial charge < -0.3 is 4.74 Å². The molecule has 2 amide bonds. The lowest BCUT2D eigenvalue weighted by Crippen LogP contribution is -2.47. The number of hydrogen-bond acceptors (Lipinski definition) is 4. The van der Waals surface area contributed by atoms with Gasteiger partial charge in [-0.15, -0.1) is 0 Å². The standard InChI is InChI=1S/C24H26N4O3/c1-15-8-7-11-22(16(15)2)31-17(3)23(29)25-26-24(30)21-14-20(18-12-13-18)27-28(21)19-9-5-4-6-10-19/h4-11,14,17-18H,12-13H2,1-3H3,(H,25,29)(H,26,30). The fourth-order valence-corrected chi connectivity index (χ4v) is 3.29. The Hall–Kier alpha value is -3.61. The molecule has 1 aliphatic carbocycles. The normalized spacial score (nSPS) is 14.0. The Bertz CT molecular complexity index is 1100. The van der Waals surface area contributed by atoms with Gasteiger partial charge >= 0.3 is 0 Å². The van der Waals surface area contributed by atoms with Gasteiger partial charge in [-0.1, -0.05) is 30.3 Å². The molecule has 1 atom stereocenters. The van der Waals surface area contributed by atoms with Crippen LogP contribution in [-0.2, 0) is 4.79 Å². The Morgan fingerprint density at radius 3 is 2.52 bits per heavy atom. The van der Waals surface area contributed by atoms with Crippen molar-refractivity contribution in [1.82, 2.24) is 20.6 Å². The fourth-order valence-electron chi connectivity index (χ4n) is 3.29. The van der Waals surface area contributed by atoms with Crippen LogP contribution < -0.4 is 15.6 Å². The number of rotatable bonds is 6. The molecule has 2 aromatic carbocycles. The van der Waals surface area contributed by atoms with E-state index in [1.165, 1.54) is 0 Å². The SMILES string of the molecule is Cc1cccc(OC(C)C(=O)NNC(=O)c2cc(C3CC3)nn2-c2ccccc2)c1C. The highest BCUT2D eigenvalue weighted by Crippen LogP contribution is 2.39. The van der Waals surface area contributed by atoms with Gasteiger partial charge in [0.15, 0.2) is 6.10 Å². The Kier molecular flexibility index (Phi) is 5.75. The summed E-state index contributed by atoms with van der Waals surface area (Å²) in [4.78, 5) is 25.3. The van der Waals surface area contributed by atoms with Crippen molar-refractivity contribution in [1.29, 1.82) is 0 Å². The Labute approximate surface area is 181 Å². The zero-order valence-electron chi connectivity index (χ0n) is 17.9. The van der Waals surface area contributed by atoms with E-state index in [0.29, 0.717) is 17.4 Å². The number of hydrogen-bond donors (Lipinski definition) is 2. The Morgan fingerprint density at radius 1 is 1.06 bits per heavy atom. The number of aryl methyl sites for hydroxylation is 1. The number of amides is 2. The fraction of sp³-hybridized carbons (Fsp3) is 0.292. The smallest absolute Gasteiger partial charge is 0.288 e. The molecule has 31 heavy (non-hydrogen) atoms. The molecule has 0 aliphatic heterocycles. The maximum atomic E-state index is 12.9. The number of carbonyl (C=O) groups excluding carboxylic acids is 2. The number of aromatic nitrogens is 2. The summed E-state index contributed by atoms with van der Waals surface area (Å²) < 4.78 is 7.40. The lowest BCUT2D eigenvalue weighted by Gasteiger charge is -2.17. The first-order chi connectivity index (χ1) is 14.9. The molecule has 1 unspecified atom stereocenters. The van der Waals surface area contributed by atoms with Crippen molar-refractivity contribution in [3.8, 4) is 11.4 Å². The molecule has 7 nitrogen and oxygen atoms in total. The summed E-state index contributed by atoms with van der Waals surface area (Å²) in [6.07, 6.45) is 1.38. The van der Waals surface area contributed by atoms with Crippen LogP contribution in [0.1, 0.15) is 53.0 Å². The zero-order chi connectivity index (χ0) is 22.0. The lowest BCUT2D eigenvalue weighted by atomic mass is 10.1. The first-order valence-electron chi connectivity index (χ1n) is 10.4. The molecule has 0 spiro atoms. The largest absolute Gasteiger partial charge is 0.481 e. The van der Waals surface area contributed by atoms with E-state index in [9.17, 15) is 9.59 Å². The van der Waals surface area contributed by atoms with Gasteiger partial charge in [0, 0.05) is 5.92 Å². The third-order valence-corrected chi connectivity index (χ3v) is 5.48. The summed E-state index contributed by atoms with van der Waals surface area (Å²) in [5.41, 5.74) is 9.07. The zero-order valence-corrected chi connectivity index (χ0v) is 17.9. The van der Waals surface area contributed by atoms with E-state index in [-0.39, 0.29) is 0 Å². The number of ether oxygens (including phenoxy) is 1. The van der Waals surface area contributed by atoms with Crippen molar-refractivity contribution in [2.75, 3.05) is 0 Å². The van der Waals surface area contributed by atoms with Gasteiger partial charge in [-0.25, -0.2) is 4.68 Å². The average Bonchev–Trinajstić information content (AvgIpc) is 3.53. The number of para-hydroxylation sites is 1. The van der Waals surface area contributed by atoms with E-state index in [4.69, 9.17) is 4.74 Å². The molecule has 1 aromatic heterocycles. The molecule has 1 heterocycles. The van der Waals surface area contributed by atoms with Crippen LogP contribution in [0.25, 0.3) is 5.69 Å². The van der Waals surface area contributed by atoms with Gasteiger partial charge in [0.2, 0.25) is 0 Å². The van der Waals surface area contributed by atoms with Gasteiger partial charge in [0.25, 0.3) is 11.8 Å². The second-order valence-corrected chi connectivity index (χ2v) is 7.88. The molecule has 160 valence electrons. The van der Waals surface area contributed by atoms with Gasteiger partial charge in [-0.05, 0) is 69.0 Å². The van der Waals surface area contributed by atoms with Crippen molar-refractivity contribution < 1.29 is 14.3 Å². The minimum atomic E-state index is -0.776. The van der Waals surface area contributed by atoms with Crippen LogP contribution in [0.2, 0.25) is 0 Å². The first-order valence-corrected chi connectivity index (χ1v) is 10.4. The molecule has 3 aromatic rings. The highest BCUT2D eigenvalue weighted by atomic mass is 16.5. The number of benzene rings is 2. The van der Waals surface area contributed by atoms with E-state index in [1.54, 1.807) is 17.7 Å². The van der Waals surface area contributed by atoms with Crippen molar-refractivity contribution in [2.45, 2.75) is 45.6 Å². The quantitative estimate of drug-likeness (QED) is 0.599. The maximum Gasteiger partial charge on any atom is 0.288 e. The molecule has 7 heteroatoms. The molecule has 0 saturated heterocycles. The first kappa shape index (κ1) is 20.7. The van der Waals surface area contributed by atoms with Crippen molar-refractivity contribution in [2.24, 2.45) is 0 Å².